The second-order valence-electron chi connectivity index (χ2n) is 9.45. The summed E-state index contributed by atoms with van der Waals surface area (Å²) in [5.41, 5.74) is 11.5. The van der Waals surface area contributed by atoms with Crippen molar-refractivity contribution in [3.8, 4) is 28.4 Å². The maximum atomic E-state index is 6.62. The van der Waals surface area contributed by atoms with Gasteiger partial charge in [-0.1, -0.05) is 29.8 Å². The molecule has 5 heterocycles. The van der Waals surface area contributed by atoms with E-state index in [1.165, 1.54) is 0 Å². The lowest BCUT2D eigenvalue weighted by Gasteiger charge is -2.15. The summed E-state index contributed by atoms with van der Waals surface area (Å²) in [6.45, 7) is 1.69. The molecule has 1 saturated carbocycles. The van der Waals surface area contributed by atoms with Crippen LogP contribution in [-0.4, -0.2) is 44.1 Å². The molecule has 1 aliphatic heterocycles. The lowest BCUT2D eigenvalue weighted by molar-refractivity contribution is 0.227. The van der Waals surface area contributed by atoms with Crippen LogP contribution in [0.3, 0.4) is 0 Å². The van der Waals surface area contributed by atoms with Gasteiger partial charge in [0, 0.05) is 35.5 Å². The Morgan fingerprint density at radius 1 is 1.00 bits per heavy atom. The molecule has 1 aromatic carbocycles. The summed E-state index contributed by atoms with van der Waals surface area (Å²) in [4.78, 5) is 22.2. The Hall–Kier alpha value is -3.75. The second-order valence-corrected chi connectivity index (χ2v) is 9.86. The molecule has 7 rings (SSSR count). The van der Waals surface area contributed by atoms with E-state index in [1.54, 1.807) is 12.4 Å². The molecule has 36 heavy (non-hydrogen) atoms. The molecule has 1 aliphatic carbocycles. The maximum absolute atomic E-state index is 6.62. The molecule has 2 fully saturated rings. The number of hydrogen-bond acceptors (Lipinski definition) is 7. The molecule has 1 atom stereocenters. The van der Waals surface area contributed by atoms with Gasteiger partial charge in [0.25, 0.3) is 0 Å². The predicted octanol–water partition coefficient (Wildman–Crippen LogP) is 5.09. The van der Waals surface area contributed by atoms with Crippen molar-refractivity contribution in [2.24, 2.45) is 0 Å². The van der Waals surface area contributed by atoms with Gasteiger partial charge >= 0.3 is 0 Å². The molecule has 1 saturated heterocycles. The van der Waals surface area contributed by atoms with Crippen LogP contribution in [0, 0.1) is 0 Å². The quantitative estimate of drug-likeness (QED) is 0.310. The van der Waals surface area contributed by atoms with Gasteiger partial charge in [-0.3, -0.25) is 4.98 Å². The molecule has 2 aliphatic rings. The highest BCUT2D eigenvalue weighted by Gasteiger charge is 2.29. The third-order valence-electron chi connectivity index (χ3n) is 7.01. The average molecular weight is 498 g/mol. The number of pyridine rings is 2. The van der Waals surface area contributed by atoms with Gasteiger partial charge in [0.05, 0.1) is 27.8 Å². The van der Waals surface area contributed by atoms with Gasteiger partial charge in [-0.2, -0.15) is 0 Å². The Labute approximate surface area is 212 Å². The first-order valence-corrected chi connectivity index (χ1v) is 12.6. The number of aromatic amines is 1. The molecule has 180 valence electrons. The van der Waals surface area contributed by atoms with Crippen LogP contribution >= 0.6 is 11.6 Å². The largest absolute Gasteiger partial charge is 0.486 e. The van der Waals surface area contributed by atoms with Crippen molar-refractivity contribution >= 4 is 39.4 Å². The van der Waals surface area contributed by atoms with Crippen LogP contribution < -0.4 is 15.8 Å². The third-order valence-corrected chi connectivity index (χ3v) is 7.34. The van der Waals surface area contributed by atoms with Crippen LogP contribution in [-0.2, 0) is 0 Å². The van der Waals surface area contributed by atoms with E-state index in [4.69, 9.17) is 32.0 Å². The first-order chi connectivity index (χ1) is 17.7. The number of nitrogens with zero attached hydrogens (tertiary/aromatic N) is 4. The number of aromatic nitrogens is 5. The van der Waals surface area contributed by atoms with Crippen molar-refractivity contribution < 1.29 is 4.74 Å². The van der Waals surface area contributed by atoms with E-state index in [9.17, 15) is 0 Å². The van der Waals surface area contributed by atoms with E-state index >= 15 is 0 Å². The van der Waals surface area contributed by atoms with Gasteiger partial charge < -0.3 is 20.8 Å². The SMILES string of the molecule is Nc1nc(-c2ccnc3[nH]c(-c4ccccc4Cl)c(O[C@H]4CCNC4)c23)nc2cncc(C3CC3)c12. The number of hydrogen-bond donors (Lipinski definition) is 3. The van der Waals surface area contributed by atoms with Gasteiger partial charge in [0.15, 0.2) is 11.6 Å². The zero-order chi connectivity index (χ0) is 24.2. The number of fused-ring (bicyclic) bond motifs is 2. The first kappa shape index (κ1) is 21.5. The summed E-state index contributed by atoms with van der Waals surface area (Å²) in [6.07, 6.45) is 8.65. The number of halogens is 1. The minimum Gasteiger partial charge on any atom is -0.486 e. The van der Waals surface area contributed by atoms with Crippen LogP contribution in [0.4, 0.5) is 5.82 Å². The molecule has 0 radical (unpaired) electrons. The zero-order valence-electron chi connectivity index (χ0n) is 19.5. The number of anilines is 1. The minimum atomic E-state index is 0.0335. The number of rotatable bonds is 5. The summed E-state index contributed by atoms with van der Waals surface area (Å²) >= 11 is 6.61. The highest BCUT2D eigenvalue weighted by molar-refractivity contribution is 6.33. The molecule has 0 spiro atoms. The molecular weight excluding hydrogens is 474 g/mol. The third kappa shape index (κ3) is 3.56. The molecule has 9 heteroatoms. The minimum absolute atomic E-state index is 0.0335. The molecule has 0 unspecified atom stereocenters. The Morgan fingerprint density at radius 3 is 2.69 bits per heavy atom. The highest BCUT2D eigenvalue weighted by atomic mass is 35.5. The number of benzene rings is 1. The lowest BCUT2D eigenvalue weighted by Crippen LogP contribution is -2.19. The van der Waals surface area contributed by atoms with E-state index in [1.807, 2.05) is 36.5 Å². The molecule has 4 N–H and O–H groups in total. The van der Waals surface area contributed by atoms with Gasteiger partial charge in [-0.25, -0.2) is 15.0 Å². The summed E-state index contributed by atoms with van der Waals surface area (Å²) in [7, 11) is 0. The van der Waals surface area contributed by atoms with Crippen LogP contribution in [0.2, 0.25) is 5.02 Å². The predicted molar refractivity (Wildman–Crippen MR) is 141 cm³/mol. The number of nitrogen functional groups attached to an aromatic ring is 1. The number of nitrogens with two attached hydrogens (primary N) is 1. The normalized spacial score (nSPS) is 17.8. The van der Waals surface area contributed by atoms with Gasteiger partial charge in [0.2, 0.25) is 0 Å². The fourth-order valence-corrected chi connectivity index (χ4v) is 5.33. The topological polar surface area (TPSA) is 115 Å². The lowest BCUT2D eigenvalue weighted by atomic mass is 10.1. The fourth-order valence-electron chi connectivity index (χ4n) is 5.10. The van der Waals surface area contributed by atoms with Crippen molar-refractivity contribution in [3.63, 3.8) is 0 Å². The standard InChI is InChI=1S/C27H24ClN7O/c28-19-4-2-1-3-16(19)23-24(36-15-7-9-30-11-15)22-17(8-10-32-27(22)34-23)26-33-20-13-31-12-18(14-5-6-14)21(20)25(29)35-26/h1-4,8,10,12-15,30H,5-7,9,11H2,(H,32,34)(H2,29,33,35)/t15-/m0/s1. The fraction of sp³-hybridized carbons (Fsp3) is 0.259. The zero-order valence-corrected chi connectivity index (χ0v) is 20.2. The van der Waals surface area contributed by atoms with Crippen molar-refractivity contribution in [1.29, 1.82) is 0 Å². The van der Waals surface area contributed by atoms with Crippen molar-refractivity contribution in [2.45, 2.75) is 31.3 Å². The van der Waals surface area contributed by atoms with Crippen LogP contribution in [0.15, 0.2) is 48.9 Å². The van der Waals surface area contributed by atoms with Gasteiger partial charge in [0.1, 0.15) is 17.6 Å². The van der Waals surface area contributed by atoms with E-state index < -0.39 is 0 Å². The first-order valence-electron chi connectivity index (χ1n) is 12.2. The maximum Gasteiger partial charge on any atom is 0.163 e. The van der Waals surface area contributed by atoms with Crippen molar-refractivity contribution in [2.75, 3.05) is 18.8 Å². The summed E-state index contributed by atoms with van der Waals surface area (Å²) in [6, 6.07) is 9.62. The second kappa shape index (κ2) is 8.43. The summed E-state index contributed by atoms with van der Waals surface area (Å²) in [5, 5.41) is 5.71. The van der Waals surface area contributed by atoms with Crippen molar-refractivity contribution in [3.05, 3.63) is 59.5 Å². The summed E-state index contributed by atoms with van der Waals surface area (Å²) < 4.78 is 6.62. The molecular formula is C27H24ClN7O. The van der Waals surface area contributed by atoms with Gasteiger partial charge in [-0.15, -0.1) is 0 Å². The smallest absolute Gasteiger partial charge is 0.163 e. The number of H-pyrrole nitrogens is 1. The van der Waals surface area contributed by atoms with E-state index in [-0.39, 0.29) is 6.10 Å². The van der Waals surface area contributed by atoms with Crippen LogP contribution in [0.25, 0.3) is 44.6 Å². The Morgan fingerprint density at radius 2 is 1.89 bits per heavy atom. The molecule has 0 amide bonds. The monoisotopic (exact) mass is 497 g/mol. The Balaban J connectivity index is 1.46. The summed E-state index contributed by atoms with van der Waals surface area (Å²) in [5.74, 6) is 2.17. The Bertz CT molecular complexity index is 1620. The van der Waals surface area contributed by atoms with Crippen LogP contribution in [0.5, 0.6) is 5.75 Å². The number of ether oxygens (including phenoxy) is 1. The Kier molecular flexibility index (Phi) is 5.04. The molecule has 4 aromatic heterocycles. The highest BCUT2D eigenvalue weighted by Crippen LogP contribution is 2.46. The molecule has 5 aromatic rings. The number of nitrogens with one attached hydrogen (secondary N) is 2. The van der Waals surface area contributed by atoms with Crippen molar-refractivity contribution in [1.82, 2.24) is 30.2 Å². The molecule has 8 nitrogen and oxygen atoms in total. The van der Waals surface area contributed by atoms with Gasteiger partial charge in [-0.05, 0) is 49.4 Å². The average Bonchev–Trinajstić information content (AvgIpc) is 3.49. The van der Waals surface area contributed by atoms with Crippen LogP contribution in [0.1, 0.15) is 30.7 Å². The van der Waals surface area contributed by atoms with E-state index in [2.05, 4.69) is 20.3 Å². The van der Waals surface area contributed by atoms with E-state index in [0.717, 1.165) is 71.0 Å². The molecule has 0 bridgehead atoms. The van der Waals surface area contributed by atoms with E-state index in [0.29, 0.717) is 34.0 Å².